The van der Waals surface area contributed by atoms with Crippen molar-refractivity contribution in [1.29, 1.82) is 0 Å². The smallest absolute Gasteiger partial charge is 0.152 e. The van der Waals surface area contributed by atoms with Gasteiger partial charge in [-0.15, -0.1) is 0 Å². The summed E-state index contributed by atoms with van der Waals surface area (Å²) in [5, 5.41) is 8.41. The lowest BCUT2D eigenvalue weighted by Crippen LogP contribution is -2.26. The summed E-state index contributed by atoms with van der Waals surface area (Å²) in [4.78, 5) is 0. The Morgan fingerprint density at radius 2 is 2.10 bits per heavy atom. The van der Waals surface area contributed by atoms with Crippen LogP contribution in [0.2, 0.25) is 5.15 Å². The van der Waals surface area contributed by atoms with Gasteiger partial charge in [0.25, 0.3) is 0 Å². The number of hydrogen-bond acceptors (Lipinski definition) is 4. The molecule has 0 amide bonds. The molecular formula is C14H24ClN3O2S. The van der Waals surface area contributed by atoms with Crippen LogP contribution in [0.3, 0.4) is 0 Å². The number of aryl methyl sites for hydroxylation is 1. The van der Waals surface area contributed by atoms with E-state index in [0.717, 1.165) is 17.8 Å². The van der Waals surface area contributed by atoms with E-state index >= 15 is 0 Å². The minimum Gasteiger partial charge on any atom is -0.312 e. The van der Waals surface area contributed by atoms with E-state index in [1.807, 2.05) is 6.92 Å². The summed E-state index contributed by atoms with van der Waals surface area (Å²) in [6, 6.07) is -0.127. The molecule has 1 aliphatic rings. The Kier molecular flexibility index (Phi) is 4.71. The summed E-state index contributed by atoms with van der Waals surface area (Å²) >= 11 is 6.42. The number of sulfone groups is 1. The fraction of sp³-hybridized carbons (Fsp3) is 0.786. The summed E-state index contributed by atoms with van der Waals surface area (Å²) < 4.78 is 24.9. The fourth-order valence-electron chi connectivity index (χ4n) is 2.53. The van der Waals surface area contributed by atoms with Gasteiger partial charge in [0.1, 0.15) is 5.15 Å². The van der Waals surface area contributed by atoms with Gasteiger partial charge in [-0.05, 0) is 18.8 Å². The normalized spacial score (nSPS) is 21.9. The van der Waals surface area contributed by atoms with E-state index in [0.29, 0.717) is 18.1 Å². The first-order chi connectivity index (χ1) is 9.59. The van der Waals surface area contributed by atoms with Gasteiger partial charge in [0.05, 0.1) is 23.2 Å². The van der Waals surface area contributed by atoms with Gasteiger partial charge in [0.2, 0.25) is 0 Å². The summed E-state index contributed by atoms with van der Waals surface area (Å²) in [6.45, 7) is 9.96. The van der Waals surface area contributed by atoms with Gasteiger partial charge in [-0.3, -0.25) is 0 Å². The molecule has 1 aromatic heterocycles. The van der Waals surface area contributed by atoms with Crippen LogP contribution in [-0.2, 0) is 16.4 Å². The summed E-state index contributed by atoms with van der Waals surface area (Å²) in [5.41, 5.74) is 2.03. The van der Waals surface area contributed by atoms with Crippen molar-refractivity contribution in [3.63, 3.8) is 0 Å². The second kappa shape index (κ2) is 5.89. The third-order valence-electron chi connectivity index (χ3n) is 3.66. The summed E-state index contributed by atoms with van der Waals surface area (Å²) in [6.07, 6.45) is 0.595. The molecule has 1 atom stereocenters. The third kappa shape index (κ3) is 4.20. The third-order valence-corrected chi connectivity index (χ3v) is 5.81. The Bertz CT molecular complexity index is 617. The van der Waals surface area contributed by atoms with Crippen molar-refractivity contribution in [2.45, 2.75) is 46.7 Å². The number of hydrogen-bond donors (Lipinski definition) is 1. The zero-order valence-electron chi connectivity index (χ0n) is 13.1. The molecule has 0 saturated carbocycles. The van der Waals surface area contributed by atoms with Gasteiger partial charge < -0.3 is 5.32 Å². The van der Waals surface area contributed by atoms with Crippen LogP contribution in [0.25, 0.3) is 0 Å². The maximum absolute atomic E-state index is 11.6. The summed E-state index contributed by atoms with van der Waals surface area (Å²) in [7, 11) is -2.94. The van der Waals surface area contributed by atoms with Gasteiger partial charge in [-0.1, -0.05) is 32.4 Å². The molecule has 0 aromatic carbocycles. The molecule has 7 heteroatoms. The second-order valence-electron chi connectivity index (χ2n) is 7.02. The van der Waals surface area contributed by atoms with Gasteiger partial charge >= 0.3 is 0 Å². The molecule has 1 N–H and O–H groups in total. The van der Waals surface area contributed by atoms with Gasteiger partial charge in [-0.25, -0.2) is 13.1 Å². The monoisotopic (exact) mass is 333 g/mol. The molecule has 0 unspecified atom stereocenters. The van der Waals surface area contributed by atoms with Crippen LogP contribution in [0.5, 0.6) is 0 Å². The second-order valence-corrected chi connectivity index (χ2v) is 9.61. The van der Waals surface area contributed by atoms with Crippen molar-refractivity contribution in [2.24, 2.45) is 5.41 Å². The van der Waals surface area contributed by atoms with Crippen molar-refractivity contribution in [3.05, 3.63) is 16.4 Å². The first kappa shape index (κ1) is 16.8. The topological polar surface area (TPSA) is 64.0 Å². The first-order valence-corrected chi connectivity index (χ1v) is 9.44. The van der Waals surface area contributed by atoms with Crippen LogP contribution in [-0.4, -0.2) is 36.2 Å². The average Bonchev–Trinajstić information content (AvgIpc) is 2.81. The van der Waals surface area contributed by atoms with E-state index in [9.17, 15) is 8.42 Å². The standard InChI is InChI=1S/C14H24ClN3O2S/c1-10-12(7-16-9-14(2,3)4)13(15)18(17-10)11-5-6-21(19,20)8-11/h11,16H,5-9H2,1-4H3/t11-/m1/s1. The lowest BCUT2D eigenvalue weighted by molar-refractivity contribution is 0.379. The molecule has 5 nitrogen and oxygen atoms in total. The summed E-state index contributed by atoms with van der Waals surface area (Å²) in [5.74, 6) is 0.368. The van der Waals surface area contributed by atoms with E-state index in [4.69, 9.17) is 11.6 Å². The predicted molar refractivity (Wildman–Crippen MR) is 85.4 cm³/mol. The highest BCUT2D eigenvalue weighted by Gasteiger charge is 2.32. The Morgan fingerprint density at radius 3 is 2.62 bits per heavy atom. The van der Waals surface area contributed by atoms with Crippen LogP contribution in [0.4, 0.5) is 0 Å². The van der Waals surface area contributed by atoms with Crippen molar-refractivity contribution in [1.82, 2.24) is 15.1 Å². The Morgan fingerprint density at radius 1 is 1.43 bits per heavy atom. The van der Waals surface area contributed by atoms with Crippen LogP contribution < -0.4 is 5.32 Å². The van der Waals surface area contributed by atoms with Crippen molar-refractivity contribution < 1.29 is 8.42 Å². The van der Waals surface area contributed by atoms with Crippen LogP contribution in [0, 0.1) is 12.3 Å². The molecule has 1 fully saturated rings. The van der Waals surface area contributed by atoms with Gasteiger partial charge in [-0.2, -0.15) is 5.10 Å². The molecule has 2 rings (SSSR count). The molecule has 0 spiro atoms. The number of aromatic nitrogens is 2. The van der Waals surface area contributed by atoms with Crippen LogP contribution in [0.15, 0.2) is 0 Å². The van der Waals surface area contributed by atoms with E-state index < -0.39 is 9.84 Å². The molecule has 1 aromatic rings. The Hall–Kier alpha value is -0.590. The number of rotatable bonds is 4. The highest BCUT2D eigenvalue weighted by molar-refractivity contribution is 7.91. The highest BCUT2D eigenvalue weighted by Crippen LogP contribution is 2.29. The van der Waals surface area contributed by atoms with E-state index in [2.05, 4.69) is 31.2 Å². The highest BCUT2D eigenvalue weighted by atomic mass is 35.5. The van der Waals surface area contributed by atoms with E-state index in [1.165, 1.54) is 0 Å². The first-order valence-electron chi connectivity index (χ1n) is 7.24. The Balaban J connectivity index is 2.11. The molecule has 1 aliphatic heterocycles. The van der Waals surface area contributed by atoms with Crippen LogP contribution in [0.1, 0.15) is 44.5 Å². The molecule has 0 radical (unpaired) electrons. The molecule has 21 heavy (non-hydrogen) atoms. The fourth-order valence-corrected chi connectivity index (χ4v) is 4.60. The molecule has 0 bridgehead atoms. The molecular weight excluding hydrogens is 310 g/mol. The number of nitrogens with zero attached hydrogens (tertiary/aromatic N) is 2. The number of halogens is 1. The number of nitrogens with one attached hydrogen (secondary N) is 1. The lowest BCUT2D eigenvalue weighted by atomic mass is 9.97. The SMILES string of the molecule is Cc1nn([C@@H]2CCS(=O)(=O)C2)c(Cl)c1CNCC(C)(C)C. The quantitative estimate of drug-likeness (QED) is 0.918. The van der Waals surface area contributed by atoms with Crippen molar-refractivity contribution >= 4 is 21.4 Å². The van der Waals surface area contributed by atoms with Crippen molar-refractivity contribution in [2.75, 3.05) is 18.1 Å². The minimum atomic E-state index is -2.94. The van der Waals surface area contributed by atoms with Gasteiger partial charge in [0, 0.05) is 18.7 Å². The molecule has 0 aliphatic carbocycles. The van der Waals surface area contributed by atoms with E-state index in [-0.39, 0.29) is 23.0 Å². The predicted octanol–water partition coefficient (Wildman–Crippen LogP) is 2.34. The zero-order valence-corrected chi connectivity index (χ0v) is 14.7. The Labute approximate surface area is 132 Å². The largest absolute Gasteiger partial charge is 0.312 e. The molecule has 120 valence electrons. The van der Waals surface area contributed by atoms with E-state index in [1.54, 1.807) is 4.68 Å². The molecule has 2 heterocycles. The molecule has 1 saturated heterocycles. The maximum Gasteiger partial charge on any atom is 0.152 e. The van der Waals surface area contributed by atoms with Crippen molar-refractivity contribution in [3.8, 4) is 0 Å². The average molecular weight is 334 g/mol. The van der Waals surface area contributed by atoms with Gasteiger partial charge in [0.15, 0.2) is 9.84 Å². The zero-order chi connectivity index (χ0) is 15.8. The maximum atomic E-state index is 11.6. The minimum absolute atomic E-state index is 0.127. The lowest BCUT2D eigenvalue weighted by Gasteiger charge is -2.18. The van der Waals surface area contributed by atoms with Crippen LogP contribution >= 0.6 is 11.6 Å².